The van der Waals surface area contributed by atoms with Gasteiger partial charge in [0, 0.05) is 3.57 Å². The largest absolute Gasteiger partial charge is 0.249 e. The molecule has 0 spiro atoms. The number of aromatic nitrogens is 2. The zero-order valence-electron chi connectivity index (χ0n) is 15.5. The van der Waals surface area contributed by atoms with E-state index in [0.29, 0.717) is 0 Å². The molecule has 0 aliphatic carbocycles. The molecular weight excluding hydrogens is 558 g/mol. The number of halogens is 2. The van der Waals surface area contributed by atoms with Crippen LogP contribution in [0.2, 0.25) is 0 Å². The Kier molecular flexibility index (Phi) is 6.02. The molecular formula is C23H23I2N2+. The van der Waals surface area contributed by atoms with E-state index in [4.69, 9.17) is 0 Å². The average Bonchev–Trinajstić information content (AvgIpc) is 3.15. The number of hydrogen-bond acceptors (Lipinski definition) is 0. The van der Waals surface area contributed by atoms with Crippen LogP contribution in [0.4, 0.5) is 0 Å². The Hall–Kier alpha value is -1.15. The summed E-state index contributed by atoms with van der Waals surface area (Å²) in [6.45, 7) is 3.36. The third kappa shape index (κ3) is 4.01. The van der Waals surface area contributed by atoms with Gasteiger partial charge in [0.05, 0.1) is 10.1 Å². The summed E-state index contributed by atoms with van der Waals surface area (Å²) in [4.78, 5) is 0. The molecule has 0 aliphatic heterocycles. The highest BCUT2D eigenvalue weighted by Crippen LogP contribution is 2.33. The molecule has 4 aromatic rings. The van der Waals surface area contributed by atoms with Crippen LogP contribution in [0.1, 0.15) is 32.6 Å². The van der Waals surface area contributed by atoms with Gasteiger partial charge in [0.15, 0.2) is 0 Å². The summed E-state index contributed by atoms with van der Waals surface area (Å²) in [5, 5.41) is 5.24. The number of hydrogen-bond donors (Lipinski definition) is 0. The lowest BCUT2D eigenvalue weighted by atomic mass is 10.0. The first-order valence-corrected chi connectivity index (χ1v) is 11.7. The van der Waals surface area contributed by atoms with Crippen molar-refractivity contribution in [3.8, 4) is 5.69 Å². The van der Waals surface area contributed by atoms with Gasteiger partial charge in [-0.3, -0.25) is 0 Å². The van der Waals surface area contributed by atoms with Crippen LogP contribution in [0, 0.1) is 7.14 Å². The lowest BCUT2D eigenvalue weighted by Crippen LogP contribution is -2.30. The fraction of sp³-hybridized carbons (Fsp3) is 0.261. The Bertz CT molecular complexity index is 1100. The predicted octanol–water partition coefficient (Wildman–Crippen LogP) is 6.86. The van der Waals surface area contributed by atoms with Gasteiger partial charge in [-0.1, -0.05) is 44.0 Å². The molecule has 1 heterocycles. The zero-order chi connectivity index (χ0) is 18.8. The smallest absolute Gasteiger partial charge is 0.236 e. The summed E-state index contributed by atoms with van der Waals surface area (Å²) in [6.07, 6.45) is 11.8. The number of imidazole rings is 1. The first kappa shape index (κ1) is 19.2. The Labute approximate surface area is 187 Å². The second-order valence-electron chi connectivity index (χ2n) is 7.06. The second-order valence-corrected chi connectivity index (χ2v) is 9.22. The monoisotopic (exact) mass is 581 g/mol. The van der Waals surface area contributed by atoms with E-state index >= 15 is 0 Å². The van der Waals surface area contributed by atoms with Crippen molar-refractivity contribution in [2.45, 2.75) is 39.2 Å². The third-order valence-electron chi connectivity index (χ3n) is 5.10. The lowest BCUT2D eigenvalue weighted by Gasteiger charge is -2.09. The number of benzene rings is 3. The summed E-state index contributed by atoms with van der Waals surface area (Å²) in [7, 11) is 0. The van der Waals surface area contributed by atoms with Crippen LogP contribution in [0.5, 0.6) is 0 Å². The Morgan fingerprint density at radius 3 is 2.44 bits per heavy atom. The minimum atomic E-state index is 1.10. The maximum Gasteiger partial charge on any atom is 0.249 e. The van der Waals surface area contributed by atoms with E-state index in [-0.39, 0.29) is 0 Å². The van der Waals surface area contributed by atoms with Crippen molar-refractivity contribution in [1.82, 2.24) is 4.57 Å². The molecule has 4 rings (SSSR count). The molecule has 3 aromatic carbocycles. The summed E-state index contributed by atoms with van der Waals surface area (Å²) >= 11 is 4.99. The van der Waals surface area contributed by atoms with Crippen LogP contribution < -0.4 is 4.57 Å². The SMILES string of the molecule is CCCCCC[n+]1ccn(-c2cc3cc4ccccc4cc3c(I)c2I)c1. The molecule has 0 radical (unpaired) electrons. The van der Waals surface area contributed by atoms with Gasteiger partial charge in [-0.05, 0) is 97.8 Å². The van der Waals surface area contributed by atoms with Crippen LogP contribution in [0.15, 0.2) is 61.2 Å². The van der Waals surface area contributed by atoms with E-state index in [0.717, 1.165) is 6.54 Å². The van der Waals surface area contributed by atoms with E-state index in [1.54, 1.807) is 0 Å². The minimum Gasteiger partial charge on any atom is -0.236 e. The molecule has 0 atom stereocenters. The van der Waals surface area contributed by atoms with Crippen LogP contribution in [-0.2, 0) is 6.54 Å². The van der Waals surface area contributed by atoms with Gasteiger partial charge < -0.3 is 0 Å². The number of unbranched alkanes of at least 4 members (excludes halogenated alkanes) is 3. The second kappa shape index (κ2) is 8.47. The Morgan fingerprint density at radius 1 is 0.889 bits per heavy atom. The van der Waals surface area contributed by atoms with E-state index in [1.165, 1.54) is 60.1 Å². The van der Waals surface area contributed by atoms with E-state index < -0.39 is 0 Å². The van der Waals surface area contributed by atoms with Gasteiger partial charge in [0.1, 0.15) is 18.1 Å². The number of aryl methyl sites for hydroxylation is 1. The molecule has 0 amide bonds. The van der Waals surface area contributed by atoms with Crippen molar-refractivity contribution < 1.29 is 4.57 Å². The van der Waals surface area contributed by atoms with Crippen molar-refractivity contribution in [3.05, 3.63) is 68.3 Å². The highest BCUT2D eigenvalue weighted by atomic mass is 127. The standard InChI is InChI=1S/C23H23I2N2/c1-2-3-4-7-10-26-11-12-27(16-26)21-15-19-13-17-8-5-6-9-18(17)14-20(19)22(24)23(21)25/h5-6,8-9,11-16H,2-4,7,10H2,1H3/q+1. The quantitative estimate of drug-likeness (QED) is 0.102. The molecule has 138 valence electrons. The van der Waals surface area contributed by atoms with Gasteiger partial charge in [-0.2, -0.15) is 0 Å². The van der Waals surface area contributed by atoms with E-state index in [1.807, 2.05) is 0 Å². The van der Waals surface area contributed by atoms with Gasteiger partial charge in [-0.15, -0.1) is 0 Å². The van der Waals surface area contributed by atoms with Crippen molar-refractivity contribution >= 4 is 66.7 Å². The maximum absolute atomic E-state index is 2.50. The van der Waals surface area contributed by atoms with Crippen LogP contribution in [0.25, 0.3) is 27.2 Å². The fourth-order valence-corrected chi connectivity index (χ4v) is 5.05. The van der Waals surface area contributed by atoms with E-state index in [9.17, 15) is 0 Å². The van der Waals surface area contributed by atoms with Crippen molar-refractivity contribution in [2.24, 2.45) is 0 Å². The molecule has 0 unspecified atom stereocenters. The van der Waals surface area contributed by atoms with Crippen molar-refractivity contribution in [1.29, 1.82) is 0 Å². The van der Waals surface area contributed by atoms with Gasteiger partial charge in [0.2, 0.25) is 6.33 Å². The molecule has 0 saturated carbocycles. The first-order chi connectivity index (χ1) is 13.2. The molecule has 1 aromatic heterocycles. The van der Waals surface area contributed by atoms with Gasteiger partial charge in [0.25, 0.3) is 0 Å². The molecule has 0 aliphatic rings. The number of nitrogens with zero attached hydrogens (tertiary/aromatic N) is 2. The summed E-state index contributed by atoms with van der Waals surface area (Å²) in [5.74, 6) is 0. The molecule has 27 heavy (non-hydrogen) atoms. The lowest BCUT2D eigenvalue weighted by molar-refractivity contribution is -0.696. The van der Waals surface area contributed by atoms with Crippen molar-refractivity contribution in [2.75, 3.05) is 0 Å². The maximum atomic E-state index is 2.50. The summed E-state index contributed by atoms with van der Waals surface area (Å²) in [6, 6.07) is 15.6. The van der Waals surface area contributed by atoms with Crippen LogP contribution in [-0.4, -0.2) is 4.57 Å². The number of rotatable bonds is 6. The van der Waals surface area contributed by atoms with Crippen molar-refractivity contribution in [3.63, 3.8) is 0 Å². The van der Waals surface area contributed by atoms with Crippen LogP contribution in [0.3, 0.4) is 0 Å². The molecule has 0 fully saturated rings. The summed E-state index contributed by atoms with van der Waals surface area (Å²) < 4.78 is 7.21. The molecule has 0 bridgehead atoms. The Morgan fingerprint density at radius 2 is 1.67 bits per heavy atom. The highest BCUT2D eigenvalue weighted by molar-refractivity contribution is 14.1. The highest BCUT2D eigenvalue weighted by Gasteiger charge is 2.16. The fourth-order valence-electron chi connectivity index (χ4n) is 3.59. The average molecular weight is 581 g/mol. The molecule has 0 N–H and O–H groups in total. The Balaban J connectivity index is 1.72. The molecule has 2 nitrogen and oxygen atoms in total. The first-order valence-electron chi connectivity index (χ1n) is 9.55. The van der Waals surface area contributed by atoms with Gasteiger partial charge >= 0.3 is 0 Å². The number of fused-ring (bicyclic) bond motifs is 2. The predicted molar refractivity (Wildman–Crippen MR) is 131 cm³/mol. The third-order valence-corrected chi connectivity index (χ3v) is 8.35. The van der Waals surface area contributed by atoms with Crippen LogP contribution >= 0.6 is 45.2 Å². The van der Waals surface area contributed by atoms with Gasteiger partial charge in [-0.25, -0.2) is 9.13 Å². The topological polar surface area (TPSA) is 8.81 Å². The van der Waals surface area contributed by atoms with E-state index in [2.05, 4.69) is 122 Å². The minimum absolute atomic E-state index is 1.10. The zero-order valence-corrected chi connectivity index (χ0v) is 19.8. The molecule has 0 saturated heterocycles. The summed E-state index contributed by atoms with van der Waals surface area (Å²) in [5.41, 5.74) is 1.26. The normalized spacial score (nSPS) is 11.5. The molecule has 4 heteroatoms.